The lowest BCUT2D eigenvalue weighted by atomic mass is 10.1. The van der Waals surface area contributed by atoms with Gasteiger partial charge in [0.1, 0.15) is 5.75 Å². The van der Waals surface area contributed by atoms with Gasteiger partial charge in [0, 0.05) is 0 Å². The van der Waals surface area contributed by atoms with Crippen molar-refractivity contribution >= 4 is 6.09 Å². The van der Waals surface area contributed by atoms with Crippen LogP contribution in [0.3, 0.4) is 0 Å². The molecule has 0 heterocycles. The summed E-state index contributed by atoms with van der Waals surface area (Å²) in [7, 11) is 1.62. The van der Waals surface area contributed by atoms with Gasteiger partial charge < -0.3 is 14.8 Å². The molecule has 0 aliphatic carbocycles. The molecule has 4 nitrogen and oxygen atoms in total. The third kappa shape index (κ3) is 4.34. The summed E-state index contributed by atoms with van der Waals surface area (Å²) in [5, 5.41) is 2.77. The van der Waals surface area contributed by atoms with Crippen molar-refractivity contribution in [2.75, 3.05) is 13.7 Å². The van der Waals surface area contributed by atoms with E-state index < -0.39 is 0 Å². The highest BCUT2D eigenvalue weighted by atomic mass is 16.5. The van der Waals surface area contributed by atoms with Gasteiger partial charge in [-0.3, -0.25) is 0 Å². The number of amides is 1. The van der Waals surface area contributed by atoms with Crippen molar-refractivity contribution in [1.29, 1.82) is 0 Å². The van der Waals surface area contributed by atoms with E-state index in [9.17, 15) is 4.79 Å². The van der Waals surface area contributed by atoms with Crippen LogP contribution in [0, 0.1) is 0 Å². The highest BCUT2D eigenvalue weighted by Crippen LogP contribution is 2.17. The fraction of sp³-hybridized carbons (Fsp3) is 0.462. The second kappa shape index (κ2) is 6.78. The smallest absolute Gasteiger partial charge is 0.407 e. The lowest BCUT2D eigenvalue weighted by molar-refractivity contribution is 0.143. The summed E-state index contributed by atoms with van der Waals surface area (Å²) in [5.74, 6) is 0.800. The molecule has 0 aromatic heterocycles. The minimum Gasteiger partial charge on any atom is -0.497 e. The number of alkyl carbamates (subject to hydrolysis) is 1. The average Bonchev–Trinajstić information content (AvgIpc) is 2.36. The maximum absolute atomic E-state index is 11.4. The van der Waals surface area contributed by atoms with E-state index in [-0.39, 0.29) is 12.1 Å². The van der Waals surface area contributed by atoms with Gasteiger partial charge in [-0.1, -0.05) is 19.1 Å². The van der Waals surface area contributed by atoms with Crippen molar-refractivity contribution in [1.82, 2.24) is 5.32 Å². The Morgan fingerprint density at radius 2 is 2.00 bits per heavy atom. The highest BCUT2D eigenvalue weighted by Gasteiger charge is 2.09. The topological polar surface area (TPSA) is 47.6 Å². The zero-order chi connectivity index (χ0) is 12.7. The van der Waals surface area contributed by atoms with Gasteiger partial charge in [0.25, 0.3) is 0 Å². The molecule has 1 N–H and O–H groups in total. The number of rotatable bonds is 5. The third-order valence-corrected chi connectivity index (χ3v) is 2.39. The molecule has 0 spiro atoms. The van der Waals surface area contributed by atoms with Crippen molar-refractivity contribution in [2.24, 2.45) is 0 Å². The maximum Gasteiger partial charge on any atom is 0.407 e. The van der Waals surface area contributed by atoms with Gasteiger partial charge in [0.2, 0.25) is 0 Å². The van der Waals surface area contributed by atoms with Crippen LogP contribution in [0.1, 0.15) is 31.9 Å². The van der Waals surface area contributed by atoms with Gasteiger partial charge in [-0.25, -0.2) is 4.79 Å². The van der Waals surface area contributed by atoms with E-state index in [1.54, 1.807) is 7.11 Å². The number of benzene rings is 1. The maximum atomic E-state index is 11.4. The monoisotopic (exact) mass is 237 g/mol. The highest BCUT2D eigenvalue weighted by molar-refractivity contribution is 5.67. The Hall–Kier alpha value is -1.71. The van der Waals surface area contributed by atoms with Crippen LogP contribution in [-0.4, -0.2) is 19.8 Å². The van der Waals surface area contributed by atoms with Crippen LogP contribution in [0.2, 0.25) is 0 Å². The molecule has 1 aromatic carbocycles. The zero-order valence-electron chi connectivity index (χ0n) is 10.5. The SMILES string of the molecule is CCCOC(=O)N[C@H](C)c1ccc(OC)cc1. The second-order valence-electron chi connectivity index (χ2n) is 3.78. The molecule has 1 amide bonds. The summed E-state index contributed by atoms with van der Waals surface area (Å²) >= 11 is 0. The largest absolute Gasteiger partial charge is 0.497 e. The summed E-state index contributed by atoms with van der Waals surface area (Å²) in [6.45, 7) is 4.32. The van der Waals surface area contributed by atoms with Gasteiger partial charge >= 0.3 is 6.09 Å². The molecule has 0 saturated heterocycles. The molecule has 4 heteroatoms. The van der Waals surface area contributed by atoms with Gasteiger partial charge in [-0.2, -0.15) is 0 Å². The fourth-order valence-corrected chi connectivity index (χ4v) is 1.39. The number of hydrogen-bond acceptors (Lipinski definition) is 3. The van der Waals surface area contributed by atoms with Crippen molar-refractivity contribution in [3.8, 4) is 5.75 Å². The zero-order valence-corrected chi connectivity index (χ0v) is 10.5. The molecule has 0 aliphatic heterocycles. The molecular formula is C13H19NO3. The number of hydrogen-bond donors (Lipinski definition) is 1. The number of nitrogens with one attached hydrogen (secondary N) is 1. The summed E-state index contributed by atoms with van der Waals surface area (Å²) in [6.07, 6.45) is 0.444. The van der Waals surface area contributed by atoms with E-state index in [1.807, 2.05) is 38.1 Å². The van der Waals surface area contributed by atoms with E-state index in [2.05, 4.69) is 5.32 Å². The van der Waals surface area contributed by atoms with E-state index in [1.165, 1.54) is 0 Å². The van der Waals surface area contributed by atoms with Crippen LogP contribution in [0.5, 0.6) is 5.75 Å². The van der Waals surface area contributed by atoms with Crippen LogP contribution in [0.25, 0.3) is 0 Å². The van der Waals surface area contributed by atoms with Crippen molar-refractivity contribution in [3.63, 3.8) is 0 Å². The van der Waals surface area contributed by atoms with E-state index >= 15 is 0 Å². The minimum atomic E-state index is -0.379. The standard InChI is InChI=1S/C13H19NO3/c1-4-9-17-13(15)14-10(2)11-5-7-12(16-3)8-6-11/h5-8,10H,4,9H2,1-3H3,(H,14,15)/t10-/m1/s1. The third-order valence-electron chi connectivity index (χ3n) is 2.39. The second-order valence-corrected chi connectivity index (χ2v) is 3.78. The Morgan fingerprint density at radius 3 is 2.53 bits per heavy atom. The lowest BCUT2D eigenvalue weighted by Gasteiger charge is -2.14. The van der Waals surface area contributed by atoms with E-state index in [0.29, 0.717) is 6.61 Å². The fourth-order valence-electron chi connectivity index (χ4n) is 1.39. The molecule has 1 atom stereocenters. The first-order valence-corrected chi connectivity index (χ1v) is 5.74. The van der Waals surface area contributed by atoms with Gasteiger partial charge in [0.15, 0.2) is 0 Å². The van der Waals surface area contributed by atoms with Gasteiger partial charge in [-0.05, 0) is 31.0 Å². The Bertz CT molecular complexity index is 348. The molecular weight excluding hydrogens is 218 g/mol. The summed E-state index contributed by atoms with van der Waals surface area (Å²) in [5.41, 5.74) is 1.01. The summed E-state index contributed by atoms with van der Waals surface area (Å²) < 4.78 is 10.0. The normalized spacial score (nSPS) is 11.7. The summed E-state index contributed by atoms with van der Waals surface area (Å²) in [4.78, 5) is 11.4. The molecule has 1 aromatic rings. The molecule has 0 radical (unpaired) electrons. The molecule has 17 heavy (non-hydrogen) atoms. The predicted octanol–water partition coefficient (Wildman–Crippen LogP) is 2.89. The molecule has 0 saturated carbocycles. The van der Waals surface area contributed by atoms with Crippen molar-refractivity contribution < 1.29 is 14.3 Å². The molecule has 1 rings (SSSR count). The summed E-state index contributed by atoms with van der Waals surface area (Å²) in [6, 6.07) is 7.49. The van der Waals surface area contributed by atoms with Crippen molar-refractivity contribution in [2.45, 2.75) is 26.3 Å². The molecule has 0 aliphatic rings. The first-order valence-electron chi connectivity index (χ1n) is 5.74. The Morgan fingerprint density at radius 1 is 1.35 bits per heavy atom. The number of ether oxygens (including phenoxy) is 2. The Balaban J connectivity index is 2.51. The molecule has 0 fully saturated rings. The van der Waals surface area contributed by atoms with Crippen LogP contribution in [-0.2, 0) is 4.74 Å². The van der Waals surface area contributed by atoms with Crippen LogP contribution in [0.4, 0.5) is 4.79 Å². The van der Waals surface area contributed by atoms with Gasteiger partial charge in [-0.15, -0.1) is 0 Å². The molecule has 0 unspecified atom stereocenters. The number of methoxy groups -OCH3 is 1. The lowest BCUT2D eigenvalue weighted by Crippen LogP contribution is -2.27. The average molecular weight is 237 g/mol. The predicted molar refractivity (Wildman–Crippen MR) is 66.2 cm³/mol. The van der Waals surface area contributed by atoms with E-state index in [0.717, 1.165) is 17.7 Å². The van der Waals surface area contributed by atoms with Gasteiger partial charge in [0.05, 0.1) is 19.8 Å². The first-order chi connectivity index (χ1) is 8.17. The number of carbonyl (C=O) groups is 1. The Kier molecular flexibility index (Phi) is 5.33. The van der Waals surface area contributed by atoms with Crippen LogP contribution < -0.4 is 10.1 Å². The van der Waals surface area contributed by atoms with Crippen LogP contribution in [0.15, 0.2) is 24.3 Å². The first kappa shape index (κ1) is 13.4. The van der Waals surface area contributed by atoms with Crippen LogP contribution >= 0.6 is 0 Å². The van der Waals surface area contributed by atoms with E-state index in [4.69, 9.17) is 9.47 Å². The number of carbonyl (C=O) groups excluding carboxylic acids is 1. The Labute approximate surface area is 102 Å². The quantitative estimate of drug-likeness (QED) is 0.856. The molecule has 0 bridgehead atoms. The minimum absolute atomic E-state index is 0.0785. The molecule has 94 valence electrons. The van der Waals surface area contributed by atoms with Crippen molar-refractivity contribution in [3.05, 3.63) is 29.8 Å².